The number of carbonyl (C=O) groups excluding carboxylic acids is 1. The van der Waals surface area contributed by atoms with Crippen LogP contribution in [0, 0.1) is 0 Å². The Morgan fingerprint density at radius 2 is 1.74 bits per heavy atom. The largest absolute Gasteiger partial charge is 0.489 e. The zero-order valence-electron chi connectivity index (χ0n) is 23.2. The van der Waals surface area contributed by atoms with Crippen molar-refractivity contribution in [3.8, 4) is 28.3 Å². The van der Waals surface area contributed by atoms with Crippen molar-refractivity contribution in [2.24, 2.45) is 0 Å². The molecule has 4 aromatic rings. The molecule has 0 N–H and O–H groups in total. The summed E-state index contributed by atoms with van der Waals surface area (Å²) in [7, 11) is 0. The van der Waals surface area contributed by atoms with Gasteiger partial charge in [0, 0.05) is 18.3 Å². The molecule has 0 atom stereocenters. The summed E-state index contributed by atoms with van der Waals surface area (Å²) in [4.78, 5) is 23.1. The van der Waals surface area contributed by atoms with E-state index in [0.29, 0.717) is 32.2 Å². The number of aromatic nitrogens is 4. The van der Waals surface area contributed by atoms with Gasteiger partial charge in [-0.1, -0.05) is 50.2 Å². The predicted octanol–water partition coefficient (Wildman–Crippen LogP) is 6.46. The number of benzene rings is 2. The van der Waals surface area contributed by atoms with Crippen molar-refractivity contribution in [2.45, 2.75) is 65.8 Å². The summed E-state index contributed by atoms with van der Waals surface area (Å²) in [5, 5.41) is 4.90. The quantitative estimate of drug-likeness (QED) is 0.287. The van der Waals surface area contributed by atoms with E-state index >= 15 is 0 Å². The van der Waals surface area contributed by atoms with Crippen LogP contribution in [0.2, 0.25) is 0 Å². The van der Waals surface area contributed by atoms with Crippen molar-refractivity contribution in [3.63, 3.8) is 0 Å². The zero-order valence-corrected chi connectivity index (χ0v) is 23.2. The van der Waals surface area contributed by atoms with Gasteiger partial charge in [0.25, 0.3) is 0 Å². The van der Waals surface area contributed by atoms with Crippen molar-refractivity contribution in [1.29, 1.82) is 0 Å². The Balaban J connectivity index is 1.41. The average molecular weight is 526 g/mol. The molecule has 0 saturated carbocycles. The van der Waals surface area contributed by atoms with Gasteiger partial charge >= 0.3 is 6.09 Å². The maximum absolute atomic E-state index is 12.9. The van der Waals surface area contributed by atoms with Crippen LogP contribution in [0.25, 0.3) is 22.5 Å². The van der Waals surface area contributed by atoms with Crippen LogP contribution in [-0.4, -0.2) is 42.9 Å². The molecule has 8 heteroatoms. The van der Waals surface area contributed by atoms with Crippen LogP contribution in [0.4, 0.5) is 4.79 Å². The fraction of sp³-hybridized carbons (Fsp3) is 0.355. The molecule has 1 amide bonds. The lowest BCUT2D eigenvalue weighted by Crippen LogP contribution is -2.41. The maximum Gasteiger partial charge on any atom is 0.410 e. The highest BCUT2D eigenvalue weighted by atomic mass is 16.6. The fourth-order valence-electron chi connectivity index (χ4n) is 4.60. The van der Waals surface area contributed by atoms with Crippen molar-refractivity contribution in [3.05, 3.63) is 83.9 Å². The molecule has 1 aliphatic rings. The van der Waals surface area contributed by atoms with Gasteiger partial charge in [-0.3, -0.25) is 4.68 Å². The van der Waals surface area contributed by atoms with E-state index in [0.717, 1.165) is 39.5 Å². The van der Waals surface area contributed by atoms with E-state index in [2.05, 4.69) is 48.1 Å². The average Bonchev–Trinajstić information content (AvgIpc) is 3.31. The van der Waals surface area contributed by atoms with E-state index in [4.69, 9.17) is 14.6 Å². The molecule has 202 valence electrons. The molecule has 2 aromatic carbocycles. The van der Waals surface area contributed by atoms with Crippen LogP contribution in [0.3, 0.4) is 0 Å². The molecular formula is C31H35N5O3. The molecule has 0 saturated heterocycles. The first kappa shape index (κ1) is 26.4. The van der Waals surface area contributed by atoms with E-state index in [1.165, 1.54) is 11.9 Å². The number of fused-ring (bicyclic) bond motifs is 1. The number of hydrogen-bond donors (Lipinski definition) is 0. The van der Waals surface area contributed by atoms with E-state index in [1.54, 1.807) is 11.1 Å². The van der Waals surface area contributed by atoms with Gasteiger partial charge in [-0.2, -0.15) is 5.10 Å². The predicted molar refractivity (Wildman–Crippen MR) is 150 cm³/mol. The third kappa shape index (κ3) is 6.11. The molecule has 3 heterocycles. The summed E-state index contributed by atoms with van der Waals surface area (Å²) in [6.07, 6.45) is 2.91. The summed E-state index contributed by atoms with van der Waals surface area (Å²) in [6.45, 7) is 12.0. The summed E-state index contributed by atoms with van der Waals surface area (Å²) in [5.74, 6) is 1.29. The molecule has 5 rings (SSSR count). The Hall–Kier alpha value is -4.20. The number of nitrogens with zero attached hydrogens (tertiary/aromatic N) is 5. The first-order chi connectivity index (χ1) is 18.7. The van der Waals surface area contributed by atoms with Crippen LogP contribution in [-0.2, 0) is 24.4 Å². The minimum atomic E-state index is -0.560. The molecule has 39 heavy (non-hydrogen) atoms. The van der Waals surface area contributed by atoms with Crippen molar-refractivity contribution in [2.75, 3.05) is 6.54 Å². The van der Waals surface area contributed by atoms with Gasteiger partial charge < -0.3 is 14.4 Å². The molecule has 0 spiro atoms. The third-order valence-electron chi connectivity index (χ3n) is 6.65. The van der Waals surface area contributed by atoms with E-state index in [9.17, 15) is 4.79 Å². The SMILES string of the molecule is CC(C)c1ccc(COc2ccc(-c3c(-c4ccncn4)nn4c3CN(C(=O)OC(C)(C)C)CC4)cc2)cc1. The number of rotatable bonds is 6. The van der Waals surface area contributed by atoms with Gasteiger partial charge in [0.2, 0.25) is 0 Å². The van der Waals surface area contributed by atoms with Crippen molar-refractivity contribution in [1.82, 2.24) is 24.6 Å². The molecule has 0 radical (unpaired) electrons. The summed E-state index contributed by atoms with van der Waals surface area (Å²) < 4.78 is 13.7. The highest BCUT2D eigenvalue weighted by Crippen LogP contribution is 2.36. The summed E-state index contributed by atoms with van der Waals surface area (Å²) in [5.41, 5.74) is 6.24. The zero-order chi connectivity index (χ0) is 27.6. The second-order valence-electron chi connectivity index (χ2n) is 11.1. The van der Waals surface area contributed by atoms with Gasteiger partial charge in [0.05, 0.1) is 24.5 Å². The molecular weight excluding hydrogens is 490 g/mol. The number of carbonyl (C=O) groups is 1. The lowest BCUT2D eigenvalue weighted by molar-refractivity contribution is 0.0195. The van der Waals surface area contributed by atoms with Gasteiger partial charge in [0.15, 0.2) is 0 Å². The number of hydrogen-bond acceptors (Lipinski definition) is 6. The van der Waals surface area contributed by atoms with E-state index in [-0.39, 0.29) is 6.09 Å². The monoisotopic (exact) mass is 525 g/mol. The normalized spacial score (nSPS) is 13.3. The van der Waals surface area contributed by atoms with E-state index in [1.807, 2.05) is 55.8 Å². The maximum atomic E-state index is 12.9. The van der Waals surface area contributed by atoms with Gasteiger partial charge in [-0.05, 0) is 61.6 Å². The Labute approximate surface area is 229 Å². The number of amides is 1. The van der Waals surface area contributed by atoms with Gasteiger partial charge in [0.1, 0.15) is 30.0 Å². The van der Waals surface area contributed by atoms with E-state index < -0.39 is 5.60 Å². The topological polar surface area (TPSA) is 82.4 Å². The Morgan fingerprint density at radius 3 is 2.38 bits per heavy atom. The summed E-state index contributed by atoms with van der Waals surface area (Å²) in [6, 6.07) is 18.4. The molecule has 0 aliphatic carbocycles. The first-order valence-electron chi connectivity index (χ1n) is 13.3. The lowest BCUT2D eigenvalue weighted by atomic mass is 10.00. The minimum absolute atomic E-state index is 0.324. The van der Waals surface area contributed by atoms with Crippen LogP contribution in [0.1, 0.15) is 57.4 Å². The Bertz CT molecular complexity index is 1420. The van der Waals surface area contributed by atoms with Crippen LogP contribution < -0.4 is 4.74 Å². The van der Waals surface area contributed by atoms with Gasteiger partial charge in [-0.25, -0.2) is 14.8 Å². The standard InChI is InChI=1S/C31H35N5O3/c1-21(2)23-8-6-22(7-9-23)19-38-25-12-10-24(11-13-25)28-27-18-35(30(37)39-31(3,4)5)16-17-36(27)34-29(28)26-14-15-32-20-33-26/h6-15,20-21H,16-19H2,1-5H3. The van der Waals surface area contributed by atoms with Crippen LogP contribution in [0.5, 0.6) is 5.75 Å². The van der Waals surface area contributed by atoms with Crippen LogP contribution >= 0.6 is 0 Å². The number of ether oxygens (including phenoxy) is 2. The minimum Gasteiger partial charge on any atom is -0.489 e. The molecule has 1 aliphatic heterocycles. The highest BCUT2D eigenvalue weighted by molar-refractivity contribution is 5.82. The smallest absolute Gasteiger partial charge is 0.410 e. The second-order valence-corrected chi connectivity index (χ2v) is 11.1. The van der Waals surface area contributed by atoms with Crippen molar-refractivity contribution >= 4 is 6.09 Å². The first-order valence-corrected chi connectivity index (χ1v) is 13.3. The van der Waals surface area contributed by atoms with Gasteiger partial charge in [-0.15, -0.1) is 0 Å². The van der Waals surface area contributed by atoms with Crippen LogP contribution in [0.15, 0.2) is 67.1 Å². The lowest BCUT2D eigenvalue weighted by Gasteiger charge is -2.30. The molecule has 8 nitrogen and oxygen atoms in total. The van der Waals surface area contributed by atoms with Crippen molar-refractivity contribution < 1.29 is 14.3 Å². The molecule has 2 aromatic heterocycles. The molecule has 0 unspecified atom stereocenters. The highest BCUT2D eigenvalue weighted by Gasteiger charge is 2.30. The third-order valence-corrected chi connectivity index (χ3v) is 6.65. The Kier molecular flexibility index (Phi) is 7.37. The molecule has 0 bridgehead atoms. The summed E-state index contributed by atoms with van der Waals surface area (Å²) >= 11 is 0. The molecule has 0 fully saturated rings. The fourth-order valence-corrected chi connectivity index (χ4v) is 4.60. The second kappa shape index (κ2) is 10.9. The Morgan fingerprint density at radius 1 is 1.00 bits per heavy atom.